The predicted molar refractivity (Wildman–Crippen MR) is 66.2 cm³/mol. The first-order valence-electron chi connectivity index (χ1n) is 5.71. The predicted octanol–water partition coefficient (Wildman–Crippen LogP) is 1.04. The Bertz CT molecular complexity index is 446. The van der Waals surface area contributed by atoms with E-state index in [9.17, 15) is 9.59 Å². The molecule has 0 aliphatic carbocycles. The van der Waals surface area contributed by atoms with E-state index in [1.807, 2.05) is 20.8 Å². The lowest BCUT2D eigenvalue weighted by molar-refractivity contribution is -0.138. The molecule has 1 atom stereocenters. The van der Waals surface area contributed by atoms with Gasteiger partial charge >= 0.3 is 5.97 Å². The topological polar surface area (TPSA) is 84.2 Å². The smallest absolute Gasteiger partial charge is 0.305 e. The third-order valence-electron chi connectivity index (χ3n) is 2.70. The standard InChI is InChI=1S/C12H19N3O3/c1-12(2,3)9(5-10(16)17)14-11(18)8-6-13-15(4)7-8/h6-7,9H,5H2,1-4H3,(H,14,18)(H,16,17). The molecule has 2 N–H and O–H groups in total. The molecule has 0 aromatic carbocycles. The molecule has 0 aliphatic heterocycles. The Morgan fingerprint density at radius 3 is 2.50 bits per heavy atom. The summed E-state index contributed by atoms with van der Waals surface area (Å²) < 4.78 is 1.53. The molecule has 1 aromatic heterocycles. The van der Waals surface area contributed by atoms with Gasteiger partial charge in [0.05, 0.1) is 18.2 Å². The van der Waals surface area contributed by atoms with E-state index in [4.69, 9.17) is 5.11 Å². The maximum absolute atomic E-state index is 11.9. The van der Waals surface area contributed by atoms with Crippen LogP contribution in [0.15, 0.2) is 12.4 Å². The maximum Gasteiger partial charge on any atom is 0.305 e. The van der Waals surface area contributed by atoms with Gasteiger partial charge in [-0.1, -0.05) is 20.8 Å². The highest BCUT2D eigenvalue weighted by molar-refractivity contribution is 5.94. The van der Waals surface area contributed by atoms with Gasteiger partial charge in [-0.25, -0.2) is 0 Å². The summed E-state index contributed by atoms with van der Waals surface area (Å²) >= 11 is 0. The number of aromatic nitrogens is 2. The average molecular weight is 253 g/mol. The summed E-state index contributed by atoms with van der Waals surface area (Å²) in [6, 6.07) is -0.428. The van der Waals surface area contributed by atoms with E-state index in [0.29, 0.717) is 5.56 Å². The first-order chi connectivity index (χ1) is 8.20. The Morgan fingerprint density at radius 2 is 2.11 bits per heavy atom. The van der Waals surface area contributed by atoms with Crippen molar-refractivity contribution in [1.29, 1.82) is 0 Å². The Hall–Kier alpha value is -1.85. The summed E-state index contributed by atoms with van der Waals surface area (Å²) in [5.41, 5.74) is 0.105. The first-order valence-corrected chi connectivity index (χ1v) is 5.71. The molecule has 18 heavy (non-hydrogen) atoms. The van der Waals surface area contributed by atoms with Crippen molar-refractivity contribution in [2.45, 2.75) is 33.2 Å². The van der Waals surface area contributed by atoms with E-state index in [2.05, 4.69) is 10.4 Å². The van der Waals surface area contributed by atoms with Crippen LogP contribution in [0.2, 0.25) is 0 Å². The zero-order valence-electron chi connectivity index (χ0n) is 11.1. The summed E-state index contributed by atoms with van der Waals surface area (Å²) in [4.78, 5) is 22.7. The number of aryl methyl sites for hydroxylation is 1. The van der Waals surface area contributed by atoms with E-state index in [1.54, 1.807) is 13.2 Å². The molecule has 1 aromatic rings. The minimum absolute atomic E-state index is 0.102. The van der Waals surface area contributed by atoms with Crippen molar-refractivity contribution < 1.29 is 14.7 Å². The Balaban J connectivity index is 2.78. The number of carboxylic acids is 1. The number of hydrogen-bond acceptors (Lipinski definition) is 3. The van der Waals surface area contributed by atoms with Gasteiger partial charge in [0, 0.05) is 19.3 Å². The molecule has 0 fully saturated rings. The molecule has 0 saturated heterocycles. The van der Waals surface area contributed by atoms with E-state index in [1.165, 1.54) is 10.9 Å². The van der Waals surface area contributed by atoms with Gasteiger partial charge in [0.1, 0.15) is 0 Å². The number of nitrogens with one attached hydrogen (secondary N) is 1. The maximum atomic E-state index is 11.9. The number of hydrogen-bond donors (Lipinski definition) is 2. The number of nitrogens with zero attached hydrogens (tertiary/aromatic N) is 2. The van der Waals surface area contributed by atoms with Crippen LogP contribution in [0, 0.1) is 5.41 Å². The molecular weight excluding hydrogens is 234 g/mol. The summed E-state index contributed by atoms with van der Waals surface area (Å²) in [5, 5.41) is 15.5. The van der Waals surface area contributed by atoms with Gasteiger partial charge in [-0.05, 0) is 5.41 Å². The molecule has 1 heterocycles. The molecule has 6 heteroatoms. The molecule has 0 saturated carbocycles. The van der Waals surface area contributed by atoms with Crippen molar-refractivity contribution in [3.8, 4) is 0 Å². The van der Waals surface area contributed by atoms with Crippen LogP contribution in [0.5, 0.6) is 0 Å². The number of aliphatic carboxylic acids is 1. The summed E-state index contributed by atoms with van der Waals surface area (Å²) in [6.45, 7) is 5.68. The second kappa shape index (κ2) is 5.20. The number of rotatable bonds is 4. The molecule has 0 bridgehead atoms. The van der Waals surface area contributed by atoms with Gasteiger partial charge in [0.25, 0.3) is 5.91 Å². The third kappa shape index (κ3) is 3.87. The Morgan fingerprint density at radius 1 is 1.50 bits per heavy atom. The van der Waals surface area contributed by atoms with Gasteiger partial charge < -0.3 is 10.4 Å². The van der Waals surface area contributed by atoms with E-state index in [-0.39, 0.29) is 17.7 Å². The molecule has 0 aliphatic rings. The van der Waals surface area contributed by atoms with Crippen LogP contribution in [0.25, 0.3) is 0 Å². The number of carboxylic acid groups (broad SMARTS) is 1. The van der Waals surface area contributed by atoms with Crippen LogP contribution in [-0.4, -0.2) is 32.8 Å². The lowest BCUT2D eigenvalue weighted by Gasteiger charge is -2.30. The highest BCUT2D eigenvalue weighted by Crippen LogP contribution is 2.22. The van der Waals surface area contributed by atoms with Crippen molar-refractivity contribution in [3.63, 3.8) is 0 Å². The SMILES string of the molecule is Cn1cc(C(=O)NC(CC(=O)O)C(C)(C)C)cn1. The largest absolute Gasteiger partial charge is 0.481 e. The number of carbonyl (C=O) groups excluding carboxylic acids is 1. The first kappa shape index (κ1) is 14.2. The normalized spacial score (nSPS) is 13.1. The Kier molecular flexibility index (Phi) is 4.11. The molecule has 1 rings (SSSR count). The zero-order valence-corrected chi connectivity index (χ0v) is 11.1. The van der Waals surface area contributed by atoms with Crippen LogP contribution >= 0.6 is 0 Å². The van der Waals surface area contributed by atoms with Gasteiger partial charge in [-0.15, -0.1) is 0 Å². The summed E-state index contributed by atoms with van der Waals surface area (Å²) in [5.74, 6) is -1.23. The summed E-state index contributed by atoms with van der Waals surface area (Å²) in [7, 11) is 1.72. The van der Waals surface area contributed by atoms with Crippen LogP contribution in [0.1, 0.15) is 37.6 Å². The average Bonchev–Trinajstić information content (AvgIpc) is 2.61. The van der Waals surface area contributed by atoms with Crippen molar-refractivity contribution >= 4 is 11.9 Å². The van der Waals surface area contributed by atoms with E-state index in [0.717, 1.165) is 0 Å². The molecule has 100 valence electrons. The van der Waals surface area contributed by atoms with Crippen molar-refractivity contribution in [2.24, 2.45) is 12.5 Å². The Labute approximate surface area is 106 Å². The molecular formula is C12H19N3O3. The highest BCUT2D eigenvalue weighted by Gasteiger charge is 2.28. The van der Waals surface area contributed by atoms with Crippen LogP contribution in [0.4, 0.5) is 0 Å². The quantitative estimate of drug-likeness (QED) is 0.839. The van der Waals surface area contributed by atoms with E-state index < -0.39 is 12.0 Å². The lowest BCUT2D eigenvalue weighted by Crippen LogP contribution is -2.45. The highest BCUT2D eigenvalue weighted by atomic mass is 16.4. The molecule has 1 amide bonds. The fourth-order valence-corrected chi connectivity index (χ4v) is 1.53. The van der Waals surface area contributed by atoms with Crippen molar-refractivity contribution in [3.05, 3.63) is 18.0 Å². The minimum Gasteiger partial charge on any atom is -0.481 e. The molecule has 6 nitrogen and oxygen atoms in total. The molecule has 0 radical (unpaired) electrons. The van der Waals surface area contributed by atoms with Crippen molar-refractivity contribution in [2.75, 3.05) is 0 Å². The van der Waals surface area contributed by atoms with Gasteiger partial charge in [0.2, 0.25) is 0 Å². The lowest BCUT2D eigenvalue weighted by atomic mass is 9.84. The number of amides is 1. The van der Waals surface area contributed by atoms with Crippen LogP contribution in [0.3, 0.4) is 0 Å². The second-order valence-electron chi connectivity index (χ2n) is 5.39. The van der Waals surface area contributed by atoms with Crippen LogP contribution in [-0.2, 0) is 11.8 Å². The van der Waals surface area contributed by atoms with E-state index >= 15 is 0 Å². The van der Waals surface area contributed by atoms with Gasteiger partial charge in [0.15, 0.2) is 0 Å². The molecule has 0 spiro atoms. The van der Waals surface area contributed by atoms with Crippen molar-refractivity contribution in [1.82, 2.24) is 15.1 Å². The van der Waals surface area contributed by atoms with Crippen LogP contribution < -0.4 is 5.32 Å². The molecule has 1 unspecified atom stereocenters. The number of carbonyl (C=O) groups is 2. The summed E-state index contributed by atoms with van der Waals surface area (Å²) in [6.07, 6.45) is 2.95. The zero-order chi connectivity index (χ0) is 13.9. The minimum atomic E-state index is -0.929. The third-order valence-corrected chi connectivity index (χ3v) is 2.70. The van der Waals surface area contributed by atoms with Gasteiger partial charge in [-0.3, -0.25) is 14.3 Å². The van der Waals surface area contributed by atoms with Gasteiger partial charge in [-0.2, -0.15) is 5.10 Å². The fourth-order valence-electron chi connectivity index (χ4n) is 1.53. The fraction of sp³-hybridized carbons (Fsp3) is 0.583. The monoisotopic (exact) mass is 253 g/mol. The second-order valence-corrected chi connectivity index (χ2v) is 5.39.